The Bertz CT molecular complexity index is 1210. The van der Waals surface area contributed by atoms with Crippen LogP contribution in [-0.4, -0.2) is 0 Å². The topological polar surface area (TPSA) is 13.1 Å². The highest BCUT2D eigenvalue weighted by atomic mass is 16.3. The van der Waals surface area contributed by atoms with Crippen LogP contribution < -0.4 is 0 Å². The molecule has 5 rings (SSSR count). The molecule has 0 radical (unpaired) electrons. The van der Waals surface area contributed by atoms with E-state index < -0.39 is 0 Å². The fourth-order valence-corrected chi connectivity index (χ4v) is 3.55. The van der Waals surface area contributed by atoms with Crippen molar-refractivity contribution in [3.8, 4) is 11.1 Å². The maximum Gasteiger partial charge on any atom is 0.136 e. The lowest BCUT2D eigenvalue weighted by Crippen LogP contribution is -1.84. The van der Waals surface area contributed by atoms with Crippen LogP contribution in [0, 0.1) is 6.92 Å². The molecule has 0 aliphatic carbocycles. The fourth-order valence-electron chi connectivity index (χ4n) is 3.55. The van der Waals surface area contributed by atoms with Gasteiger partial charge in [-0.3, -0.25) is 0 Å². The third-order valence-corrected chi connectivity index (χ3v) is 4.78. The molecule has 0 aliphatic heterocycles. The van der Waals surface area contributed by atoms with Gasteiger partial charge in [0.05, 0.1) is 0 Å². The minimum atomic E-state index is 0.947. The summed E-state index contributed by atoms with van der Waals surface area (Å²) >= 11 is 0. The van der Waals surface area contributed by atoms with Gasteiger partial charge in [0.2, 0.25) is 0 Å². The zero-order chi connectivity index (χ0) is 16.1. The molecule has 4 aromatic carbocycles. The molecule has 0 amide bonds. The van der Waals surface area contributed by atoms with E-state index in [0.717, 1.165) is 11.2 Å². The van der Waals surface area contributed by atoms with Crippen molar-refractivity contribution in [1.29, 1.82) is 0 Å². The Kier molecular flexibility index (Phi) is 2.77. The standard InChI is InChI=1S/C23H16O/c1-15-12-21-19-8-4-5-9-22(19)24-23(21)14-20(15)18-11-10-16-6-2-3-7-17(16)13-18/h2-14H,1H3. The van der Waals surface area contributed by atoms with E-state index in [1.54, 1.807) is 0 Å². The molecule has 0 aliphatic rings. The second-order valence-electron chi connectivity index (χ2n) is 6.32. The highest BCUT2D eigenvalue weighted by Gasteiger charge is 2.11. The molecule has 24 heavy (non-hydrogen) atoms. The summed E-state index contributed by atoms with van der Waals surface area (Å²) in [5, 5.41) is 4.90. The van der Waals surface area contributed by atoms with Gasteiger partial charge in [0.15, 0.2) is 0 Å². The Morgan fingerprint density at radius 2 is 1.42 bits per heavy atom. The molecule has 1 heterocycles. The fraction of sp³-hybridized carbons (Fsp3) is 0.0435. The molecule has 0 unspecified atom stereocenters. The molecule has 0 saturated carbocycles. The number of para-hydroxylation sites is 1. The average molecular weight is 308 g/mol. The first-order valence-corrected chi connectivity index (χ1v) is 8.21. The SMILES string of the molecule is Cc1cc2c(cc1-c1ccc3ccccc3c1)oc1ccccc12. The normalized spacial score (nSPS) is 11.5. The Balaban J connectivity index is 1.78. The molecule has 0 atom stereocenters. The highest BCUT2D eigenvalue weighted by molar-refractivity contribution is 6.06. The van der Waals surface area contributed by atoms with E-state index in [2.05, 4.69) is 73.7 Å². The van der Waals surface area contributed by atoms with Crippen LogP contribution in [0.3, 0.4) is 0 Å². The Labute approximate surface area is 140 Å². The number of hydrogen-bond acceptors (Lipinski definition) is 1. The molecule has 0 saturated heterocycles. The molecular weight excluding hydrogens is 292 g/mol. The van der Waals surface area contributed by atoms with E-state index in [4.69, 9.17) is 4.42 Å². The van der Waals surface area contributed by atoms with Crippen molar-refractivity contribution in [2.45, 2.75) is 6.92 Å². The van der Waals surface area contributed by atoms with Crippen LogP contribution in [0.25, 0.3) is 43.8 Å². The van der Waals surface area contributed by atoms with Crippen molar-refractivity contribution in [2.75, 3.05) is 0 Å². The van der Waals surface area contributed by atoms with Gasteiger partial charge in [-0.15, -0.1) is 0 Å². The molecule has 1 nitrogen and oxygen atoms in total. The molecule has 114 valence electrons. The lowest BCUT2D eigenvalue weighted by atomic mass is 9.96. The summed E-state index contributed by atoms with van der Waals surface area (Å²) in [5.74, 6) is 0. The third kappa shape index (κ3) is 1.95. The Morgan fingerprint density at radius 1 is 0.625 bits per heavy atom. The zero-order valence-corrected chi connectivity index (χ0v) is 13.4. The van der Waals surface area contributed by atoms with E-state index in [-0.39, 0.29) is 0 Å². The molecule has 0 N–H and O–H groups in total. The molecule has 5 aromatic rings. The predicted octanol–water partition coefficient (Wildman–Crippen LogP) is 6.71. The molecule has 1 aromatic heterocycles. The number of furan rings is 1. The van der Waals surface area contributed by atoms with Crippen molar-refractivity contribution in [2.24, 2.45) is 0 Å². The van der Waals surface area contributed by atoms with Crippen LogP contribution in [0.4, 0.5) is 0 Å². The van der Waals surface area contributed by atoms with Gasteiger partial charge >= 0.3 is 0 Å². The van der Waals surface area contributed by atoms with Crippen LogP contribution in [0.2, 0.25) is 0 Å². The first-order chi connectivity index (χ1) is 11.8. The lowest BCUT2D eigenvalue weighted by Gasteiger charge is -2.08. The van der Waals surface area contributed by atoms with Crippen LogP contribution >= 0.6 is 0 Å². The largest absolute Gasteiger partial charge is 0.456 e. The summed E-state index contributed by atoms with van der Waals surface area (Å²) in [4.78, 5) is 0. The maximum atomic E-state index is 6.06. The molecule has 1 heteroatoms. The first kappa shape index (κ1) is 13.4. The predicted molar refractivity (Wildman–Crippen MR) is 101 cm³/mol. The van der Waals surface area contributed by atoms with Crippen LogP contribution in [0.5, 0.6) is 0 Å². The van der Waals surface area contributed by atoms with Crippen molar-refractivity contribution in [1.82, 2.24) is 0 Å². The molecular formula is C23H16O. The number of fused-ring (bicyclic) bond motifs is 4. The van der Waals surface area contributed by atoms with Gasteiger partial charge in [-0.25, -0.2) is 0 Å². The quantitative estimate of drug-likeness (QED) is 0.335. The van der Waals surface area contributed by atoms with Crippen molar-refractivity contribution in [3.63, 3.8) is 0 Å². The summed E-state index contributed by atoms with van der Waals surface area (Å²) in [5.41, 5.74) is 5.62. The van der Waals surface area contributed by atoms with E-state index in [1.165, 1.54) is 38.2 Å². The zero-order valence-electron chi connectivity index (χ0n) is 13.4. The second kappa shape index (κ2) is 4.97. The summed E-state index contributed by atoms with van der Waals surface area (Å²) in [7, 11) is 0. The van der Waals surface area contributed by atoms with Gasteiger partial charge in [0.1, 0.15) is 11.2 Å². The number of rotatable bonds is 1. The first-order valence-electron chi connectivity index (χ1n) is 8.21. The molecule has 0 fully saturated rings. The van der Waals surface area contributed by atoms with Gasteiger partial charge in [-0.2, -0.15) is 0 Å². The van der Waals surface area contributed by atoms with Crippen LogP contribution in [0.15, 0.2) is 83.3 Å². The Morgan fingerprint density at radius 3 is 2.33 bits per heavy atom. The summed E-state index contributed by atoms with van der Waals surface area (Å²) in [6.07, 6.45) is 0. The summed E-state index contributed by atoms with van der Waals surface area (Å²) < 4.78 is 6.06. The minimum Gasteiger partial charge on any atom is -0.456 e. The van der Waals surface area contributed by atoms with Crippen LogP contribution in [-0.2, 0) is 0 Å². The van der Waals surface area contributed by atoms with E-state index in [0.29, 0.717) is 0 Å². The van der Waals surface area contributed by atoms with E-state index in [9.17, 15) is 0 Å². The third-order valence-electron chi connectivity index (χ3n) is 4.78. The number of benzene rings is 4. The van der Waals surface area contributed by atoms with Gasteiger partial charge in [-0.1, -0.05) is 54.6 Å². The van der Waals surface area contributed by atoms with Gasteiger partial charge in [-0.05, 0) is 58.7 Å². The smallest absolute Gasteiger partial charge is 0.136 e. The van der Waals surface area contributed by atoms with E-state index in [1.807, 2.05) is 12.1 Å². The van der Waals surface area contributed by atoms with Crippen molar-refractivity contribution < 1.29 is 4.42 Å². The lowest BCUT2D eigenvalue weighted by molar-refractivity contribution is 0.669. The van der Waals surface area contributed by atoms with E-state index >= 15 is 0 Å². The summed E-state index contributed by atoms with van der Waals surface area (Å²) in [6, 6.07) is 27.7. The van der Waals surface area contributed by atoms with Gasteiger partial charge < -0.3 is 4.42 Å². The summed E-state index contributed by atoms with van der Waals surface area (Å²) in [6.45, 7) is 2.17. The van der Waals surface area contributed by atoms with Crippen molar-refractivity contribution >= 4 is 32.7 Å². The Hall–Kier alpha value is -3.06. The second-order valence-corrected chi connectivity index (χ2v) is 6.32. The number of hydrogen-bond donors (Lipinski definition) is 0. The van der Waals surface area contributed by atoms with Gasteiger partial charge in [0.25, 0.3) is 0 Å². The maximum absolute atomic E-state index is 6.06. The van der Waals surface area contributed by atoms with Gasteiger partial charge in [0, 0.05) is 10.8 Å². The molecule has 0 spiro atoms. The number of aryl methyl sites for hydroxylation is 1. The molecule has 0 bridgehead atoms. The minimum absolute atomic E-state index is 0.947. The van der Waals surface area contributed by atoms with Crippen molar-refractivity contribution in [3.05, 3.63) is 84.4 Å². The van der Waals surface area contributed by atoms with Crippen LogP contribution in [0.1, 0.15) is 5.56 Å². The highest BCUT2D eigenvalue weighted by Crippen LogP contribution is 2.35. The monoisotopic (exact) mass is 308 g/mol. The average Bonchev–Trinajstić information content (AvgIpc) is 2.98.